The molecule has 0 amide bonds. The second kappa shape index (κ2) is 3.09. The topological polar surface area (TPSA) is 60.2 Å². The van der Waals surface area contributed by atoms with E-state index in [9.17, 15) is 8.42 Å². The van der Waals surface area contributed by atoms with Crippen LogP contribution < -0.4 is 0 Å². The van der Waals surface area contributed by atoms with Crippen LogP contribution in [0, 0.1) is 0 Å². The quantitative estimate of drug-likeness (QED) is 0.752. The van der Waals surface area contributed by atoms with E-state index in [1.54, 1.807) is 18.2 Å². The summed E-state index contributed by atoms with van der Waals surface area (Å²) in [6.45, 7) is 0. The smallest absolute Gasteiger partial charge is 0.181 e. The Kier molecular flexibility index (Phi) is 2.03. The molecule has 1 aromatic carbocycles. The van der Waals surface area contributed by atoms with E-state index in [4.69, 9.17) is 4.42 Å². The maximum absolute atomic E-state index is 11.1. The monoisotopic (exact) mass is 211 g/mol. The van der Waals surface area contributed by atoms with Crippen molar-refractivity contribution >= 4 is 20.9 Å². The zero-order valence-electron chi connectivity index (χ0n) is 7.60. The molecule has 0 aliphatic carbocycles. The van der Waals surface area contributed by atoms with Gasteiger partial charge >= 0.3 is 0 Å². The predicted molar refractivity (Wildman–Crippen MR) is 52.6 cm³/mol. The van der Waals surface area contributed by atoms with Gasteiger partial charge in [0.1, 0.15) is 5.52 Å². The van der Waals surface area contributed by atoms with Gasteiger partial charge in [0.05, 0.1) is 5.75 Å². The third-order valence-electron chi connectivity index (χ3n) is 1.86. The molecule has 14 heavy (non-hydrogen) atoms. The lowest BCUT2D eigenvalue weighted by Gasteiger charge is -1.98. The fourth-order valence-corrected chi connectivity index (χ4v) is 2.13. The molecule has 0 aliphatic heterocycles. The zero-order valence-corrected chi connectivity index (χ0v) is 8.41. The van der Waals surface area contributed by atoms with E-state index < -0.39 is 9.84 Å². The molecule has 1 aromatic heterocycles. The highest BCUT2D eigenvalue weighted by molar-refractivity contribution is 7.89. The van der Waals surface area contributed by atoms with E-state index in [1.165, 1.54) is 12.6 Å². The number of rotatable bonds is 2. The molecule has 2 rings (SSSR count). The molecule has 0 atom stereocenters. The lowest BCUT2D eigenvalue weighted by atomic mass is 10.2. The summed E-state index contributed by atoms with van der Waals surface area (Å²) in [6, 6.07) is 5.28. The fraction of sp³-hybridized carbons (Fsp3) is 0.222. The summed E-state index contributed by atoms with van der Waals surface area (Å²) in [4.78, 5) is 3.95. The van der Waals surface area contributed by atoms with E-state index in [-0.39, 0.29) is 5.75 Å². The third-order valence-corrected chi connectivity index (χ3v) is 2.69. The Morgan fingerprint density at radius 1 is 1.43 bits per heavy atom. The van der Waals surface area contributed by atoms with Gasteiger partial charge in [0.15, 0.2) is 21.8 Å². The molecule has 0 fully saturated rings. The largest absolute Gasteiger partial charge is 0.443 e. The number of sulfone groups is 1. The summed E-state index contributed by atoms with van der Waals surface area (Å²) in [5.74, 6) is -0.0144. The minimum Gasteiger partial charge on any atom is -0.443 e. The number of oxazole rings is 1. The van der Waals surface area contributed by atoms with Crippen molar-refractivity contribution in [2.75, 3.05) is 6.26 Å². The van der Waals surface area contributed by atoms with Crippen LogP contribution in [0.5, 0.6) is 0 Å². The van der Waals surface area contributed by atoms with E-state index >= 15 is 0 Å². The van der Waals surface area contributed by atoms with E-state index in [0.29, 0.717) is 16.7 Å². The van der Waals surface area contributed by atoms with Crippen LogP contribution in [0.4, 0.5) is 0 Å². The lowest BCUT2D eigenvalue weighted by Crippen LogP contribution is -2.00. The molecule has 0 unspecified atom stereocenters. The Labute approximate surface area is 81.5 Å². The molecule has 0 spiro atoms. The number of aromatic nitrogens is 1. The SMILES string of the molecule is CS(=O)(=O)Cc1cccc2ncoc12. The van der Waals surface area contributed by atoms with Crippen LogP contribution in [-0.2, 0) is 15.6 Å². The second-order valence-corrected chi connectivity index (χ2v) is 5.33. The van der Waals surface area contributed by atoms with Crippen LogP contribution in [-0.4, -0.2) is 19.7 Å². The number of para-hydroxylation sites is 1. The van der Waals surface area contributed by atoms with Gasteiger partial charge in [-0.3, -0.25) is 0 Å². The first kappa shape index (κ1) is 9.21. The van der Waals surface area contributed by atoms with Crippen LogP contribution in [0.2, 0.25) is 0 Å². The number of hydrogen-bond donors (Lipinski definition) is 0. The first-order valence-electron chi connectivity index (χ1n) is 4.05. The number of fused-ring (bicyclic) bond motifs is 1. The van der Waals surface area contributed by atoms with Crippen LogP contribution in [0.3, 0.4) is 0 Å². The summed E-state index contributed by atoms with van der Waals surface area (Å²) in [5.41, 5.74) is 1.89. The Morgan fingerprint density at radius 3 is 2.93 bits per heavy atom. The fourth-order valence-electron chi connectivity index (χ4n) is 1.34. The molecule has 74 valence electrons. The van der Waals surface area contributed by atoms with E-state index in [1.807, 2.05) is 0 Å². The van der Waals surface area contributed by atoms with Crippen molar-refractivity contribution < 1.29 is 12.8 Å². The summed E-state index contributed by atoms with van der Waals surface area (Å²) >= 11 is 0. The van der Waals surface area contributed by atoms with Gasteiger partial charge < -0.3 is 4.42 Å². The number of nitrogens with zero attached hydrogens (tertiary/aromatic N) is 1. The van der Waals surface area contributed by atoms with E-state index in [2.05, 4.69) is 4.98 Å². The summed E-state index contributed by atoms with van der Waals surface area (Å²) in [6.07, 6.45) is 2.51. The molecule has 0 aliphatic rings. The minimum atomic E-state index is -3.03. The molecule has 0 N–H and O–H groups in total. The first-order chi connectivity index (χ1) is 6.56. The standard InChI is InChI=1S/C9H9NO3S/c1-14(11,12)5-7-3-2-4-8-9(7)13-6-10-8/h2-4,6H,5H2,1H3. The molecule has 0 saturated carbocycles. The number of hydrogen-bond acceptors (Lipinski definition) is 4. The molecular formula is C9H9NO3S. The van der Waals surface area contributed by atoms with Gasteiger partial charge in [-0.25, -0.2) is 13.4 Å². The summed E-state index contributed by atoms with van der Waals surface area (Å²) < 4.78 is 27.3. The highest BCUT2D eigenvalue weighted by Crippen LogP contribution is 2.18. The van der Waals surface area contributed by atoms with Gasteiger partial charge in [-0.2, -0.15) is 0 Å². The summed E-state index contributed by atoms with van der Waals surface area (Å²) in [7, 11) is -3.03. The molecule has 0 bridgehead atoms. The van der Waals surface area contributed by atoms with Crippen LogP contribution in [0.25, 0.3) is 11.1 Å². The summed E-state index contributed by atoms with van der Waals surface area (Å²) in [5, 5.41) is 0. The molecule has 5 heteroatoms. The highest BCUT2D eigenvalue weighted by atomic mass is 32.2. The van der Waals surface area contributed by atoms with Gasteiger partial charge in [-0.15, -0.1) is 0 Å². The van der Waals surface area contributed by atoms with Gasteiger partial charge in [0, 0.05) is 11.8 Å². The van der Waals surface area contributed by atoms with Crippen molar-refractivity contribution in [3.05, 3.63) is 30.2 Å². The molecule has 0 radical (unpaired) electrons. The van der Waals surface area contributed by atoms with Gasteiger partial charge in [-0.05, 0) is 6.07 Å². The Morgan fingerprint density at radius 2 is 2.21 bits per heavy atom. The van der Waals surface area contributed by atoms with Gasteiger partial charge in [0.25, 0.3) is 0 Å². The third kappa shape index (κ3) is 1.77. The normalized spacial score (nSPS) is 12.1. The van der Waals surface area contributed by atoms with Crippen LogP contribution >= 0.6 is 0 Å². The van der Waals surface area contributed by atoms with Crippen molar-refractivity contribution in [3.8, 4) is 0 Å². The lowest BCUT2D eigenvalue weighted by molar-refractivity contribution is 0.592. The molecule has 4 nitrogen and oxygen atoms in total. The van der Waals surface area contributed by atoms with Crippen molar-refractivity contribution in [2.45, 2.75) is 5.75 Å². The Hall–Kier alpha value is -1.36. The maximum atomic E-state index is 11.1. The average molecular weight is 211 g/mol. The molecule has 2 aromatic rings. The Balaban J connectivity index is 2.57. The Bertz CT molecular complexity index is 556. The molecule has 1 heterocycles. The zero-order chi connectivity index (χ0) is 10.2. The number of benzene rings is 1. The van der Waals surface area contributed by atoms with Gasteiger partial charge in [0.2, 0.25) is 0 Å². The second-order valence-electron chi connectivity index (χ2n) is 3.19. The first-order valence-corrected chi connectivity index (χ1v) is 6.11. The van der Waals surface area contributed by atoms with E-state index in [0.717, 1.165) is 0 Å². The average Bonchev–Trinajstić information content (AvgIpc) is 2.49. The van der Waals surface area contributed by atoms with Crippen molar-refractivity contribution in [3.63, 3.8) is 0 Å². The van der Waals surface area contributed by atoms with Crippen molar-refractivity contribution in [1.29, 1.82) is 0 Å². The van der Waals surface area contributed by atoms with Crippen molar-refractivity contribution in [1.82, 2.24) is 4.98 Å². The predicted octanol–water partition coefficient (Wildman–Crippen LogP) is 1.37. The van der Waals surface area contributed by atoms with Crippen LogP contribution in [0.15, 0.2) is 29.0 Å². The highest BCUT2D eigenvalue weighted by Gasteiger charge is 2.10. The minimum absolute atomic E-state index is 0.0144. The van der Waals surface area contributed by atoms with Crippen molar-refractivity contribution in [2.24, 2.45) is 0 Å². The van der Waals surface area contributed by atoms with Crippen LogP contribution in [0.1, 0.15) is 5.56 Å². The molecule has 0 saturated heterocycles. The molecular weight excluding hydrogens is 202 g/mol. The maximum Gasteiger partial charge on any atom is 0.181 e. The van der Waals surface area contributed by atoms with Gasteiger partial charge in [-0.1, -0.05) is 12.1 Å².